The van der Waals surface area contributed by atoms with Crippen LogP contribution in [-0.2, 0) is 0 Å². The summed E-state index contributed by atoms with van der Waals surface area (Å²) in [4.78, 5) is 0. The van der Waals surface area contributed by atoms with Crippen LogP contribution in [0.2, 0.25) is 0 Å². The summed E-state index contributed by atoms with van der Waals surface area (Å²) in [6.45, 7) is 4.99. The molecule has 0 radical (unpaired) electrons. The second-order valence-electron chi connectivity index (χ2n) is 5.68. The maximum Gasteiger partial charge on any atom is -0.0287 e. The second kappa shape index (κ2) is 1.67. The van der Waals surface area contributed by atoms with Crippen LogP contribution in [0.3, 0.4) is 0 Å². The standard InChI is InChI=1S/C11H18/c1-7-3-8-4-9-6-11(2,5-7)10(8)9/h7-10H,3-6H2,1-2H3. The molecule has 62 valence electrons. The van der Waals surface area contributed by atoms with E-state index in [1.807, 2.05) is 0 Å². The first-order chi connectivity index (χ1) is 5.19. The van der Waals surface area contributed by atoms with Crippen molar-refractivity contribution in [1.82, 2.24) is 0 Å². The Morgan fingerprint density at radius 3 is 2.55 bits per heavy atom. The summed E-state index contributed by atoms with van der Waals surface area (Å²) in [5, 5.41) is 0. The average Bonchev–Trinajstić information content (AvgIpc) is 1.78. The molecule has 11 heavy (non-hydrogen) atoms. The summed E-state index contributed by atoms with van der Waals surface area (Å²) in [5.74, 6) is 4.54. The normalized spacial score (nSPS) is 66.0. The fraction of sp³-hybridized carbons (Fsp3) is 1.00. The van der Waals surface area contributed by atoms with Crippen LogP contribution in [0, 0.1) is 29.1 Å². The molecule has 0 amide bonds. The lowest BCUT2D eigenvalue weighted by Crippen LogP contribution is -2.61. The highest BCUT2D eigenvalue weighted by Crippen LogP contribution is 2.70. The molecule has 5 atom stereocenters. The molecule has 0 bridgehead atoms. The minimum Gasteiger partial charge on any atom is -0.0625 e. The van der Waals surface area contributed by atoms with Crippen molar-refractivity contribution in [3.8, 4) is 0 Å². The zero-order chi connectivity index (χ0) is 7.64. The lowest BCUT2D eigenvalue weighted by molar-refractivity contribution is -0.196. The number of hydrogen-bond donors (Lipinski definition) is 0. The lowest BCUT2D eigenvalue weighted by atomic mass is 9.36. The number of rotatable bonds is 0. The Labute approximate surface area is 69.4 Å². The van der Waals surface area contributed by atoms with Crippen molar-refractivity contribution in [2.24, 2.45) is 29.1 Å². The van der Waals surface area contributed by atoms with E-state index in [4.69, 9.17) is 0 Å². The van der Waals surface area contributed by atoms with Gasteiger partial charge >= 0.3 is 0 Å². The van der Waals surface area contributed by atoms with Gasteiger partial charge in [-0.1, -0.05) is 13.8 Å². The summed E-state index contributed by atoms with van der Waals surface area (Å²) in [6, 6.07) is 0. The van der Waals surface area contributed by atoms with Crippen molar-refractivity contribution in [2.45, 2.75) is 39.5 Å². The van der Waals surface area contributed by atoms with E-state index in [9.17, 15) is 0 Å². The van der Waals surface area contributed by atoms with Gasteiger partial charge in [-0.15, -0.1) is 0 Å². The molecule has 0 aliphatic heterocycles. The molecule has 5 unspecified atom stereocenters. The fourth-order valence-electron chi connectivity index (χ4n) is 4.65. The van der Waals surface area contributed by atoms with E-state index < -0.39 is 0 Å². The van der Waals surface area contributed by atoms with Gasteiger partial charge in [0.15, 0.2) is 0 Å². The van der Waals surface area contributed by atoms with E-state index in [1.54, 1.807) is 19.3 Å². The van der Waals surface area contributed by atoms with Crippen LogP contribution >= 0.6 is 0 Å². The third kappa shape index (κ3) is 0.625. The lowest BCUT2D eigenvalue weighted by Gasteiger charge is -2.69. The fourth-order valence-corrected chi connectivity index (χ4v) is 4.65. The third-order valence-corrected chi connectivity index (χ3v) is 4.67. The van der Waals surface area contributed by atoms with E-state index >= 15 is 0 Å². The average molecular weight is 150 g/mol. The molecular formula is C11H18. The highest BCUT2D eigenvalue weighted by atomic mass is 14.7. The molecule has 0 heterocycles. The molecular weight excluding hydrogens is 132 g/mol. The van der Waals surface area contributed by atoms with E-state index in [1.165, 1.54) is 18.3 Å². The maximum absolute atomic E-state index is 2.54. The molecule has 3 fully saturated rings. The second-order valence-corrected chi connectivity index (χ2v) is 5.68. The van der Waals surface area contributed by atoms with Crippen LogP contribution in [-0.4, -0.2) is 0 Å². The molecule has 3 aliphatic rings. The van der Waals surface area contributed by atoms with Gasteiger partial charge < -0.3 is 0 Å². The Hall–Kier alpha value is 0. The van der Waals surface area contributed by atoms with Crippen LogP contribution in [0.15, 0.2) is 0 Å². The Balaban J connectivity index is 1.87. The van der Waals surface area contributed by atoms with Gasteiger partial charge in [0.25, 0.3) is 0 Å². The predicted molar refractivity (Wildman–Crippen MR) is 46.2 cm³/mol. The van der Waals surface area contributed by atoms with Crippen LogP contribution in [0.25, 0.3) is 0 Å². The van der Waals surface area contributed by atoms with E-state index in [0.29, 0.717) is 0 Å². The summed E-state index contributed by atoms with van der Waals surface area (Å²) < 4.78 is 0. The van der Waals surface area contributed by atoms with Crippen LogP contribution in [0.4, 0.5) is 0 Å². The largest absolute Gasteiger partial charge is 0.0625 e. The van der Waals surface area contributed by atoms with Crippen LogP contribution in [0.5, 0.6) is 0 Å². The summed E-state index contributed by atoms with van der Waals surface area (Å²) in [6.07, 6.45) is 6.24. The molecule has 0 aromatic carbocycles. The Kier molecular flexibility index (Phi) is 0.990. The first-order valence-electron chi connectivity index (χ1n) is 5.19. The molecule has 3 saturated carbocycles. The van der Waals surface area contributed by atoms with Crippen molar-refractivity contribution in [3.63, 3.8) is 0 Å². The van der Waals surface area contributed by atoms with Gasteiger partial charge in [0.1, 0.15) is 0 Å². The van der Waals surface area contributed by atoms with Crippen molar-refractivity contribution in [1.29, 1.82) is 0 Å². The van der Waals surface area contributed by atoms with Crippen LogP contribution < -0.4 is 0 Å². The summed E-state index contributed by atoms with van der Waals surface area (Å²) >= 11 is 0. The molecule has 0 saturated heterocycles. The van der Waals surface area contributed by atoms with Gasteiger partial charge in [-0.05, 0) is 54.8 Å². The van der Waals surface area contributed by atoms with E-state index in [-0.39, 0.29) is 0 Å². The highest BCUT2D eigenvalue weighted by Gasteiger charge is 2.62. The first-order valence-corrected chi connectivity index (χ1v) is 5.19. The topological polar surface area (TPSA) is 0 Å². The zero-order valence-corrected chi connectivity index (χ0v) is 7.64. The molecule has 0 spiro atoms. The zero-order valence-electron chi connectivity index (χ0n) is 7.64. The SMILES string of the molecule is CC1CC2CC3CC(C)(C1)C23. The van der Waals surface area contributed by atoms with Gasteiger partial charge in [-0.2, -0.15) is 0 Å². The van der Waals surface area contributed by atoms with Crippen LogP contribution in [0.1, 0.15) is 39.5 Å². The van der Waals surface area contributed by atoms with E-state index in [2.05, 4.69) is 13.8 Å². The van der Waals surface area contributed by atoms with Crippen molar-refractivity contribution < 1.29 is 0 Å². The highest BCUT2D eigenvalue weighted by molar-refractivity contribution is 5.11. The quantitative estimate of drug-likeness (QED) is 0.498. The number of hydrogen-bond acceptors (Lipinski definition) is 0. The monoisotopic (exact) mass is 150 g/mol. The Morgan fingerprint density at radius 1 is 1.09 bits per heavy atom. The van der Waals surface area contributed by atoms with Crippen molar-refractivity contribution in [2.75, 3.05) is 0 Å². The summed E-state index contributed by atoms with van der Waals surface area (Å²) in [7, 11) is 0. The van der Waals surface area contributed by atoms with Gasteiger partial charge in [0.2, 0.25) is 0 Å². The molecule has 0 nitrogen and oxygen atoms in total. The first kappa shape index (κ1) is 6.51. The molecule has 0 N–H and O–H groups in total. The summed E-state index contributed by atoms with van der Waals surface area (Å²) in [5.41, 5.74) is 0.811. The molecule has 0 heteroatoms. The van der Waals surface area contributed by atoms with Gasteiger partial charge in [-0.25, -0.2) is 0 Å². The maximum atomic E-state index is 2.54. The molecule has 0 aromatic heterocycles. The molecule has 0 aromatic rings. The Morgan fingerprint density at radius 2 is 1.91 bits per heavy atom. The predicted octanol–water partition coefficient (Wildman–Crippen LogP) is 3.08. The smallest absolute Gasteiger partial charge is 0.0287 e. The minimum absolute atomic E-state index is 0.811. The third-order valence-electron chi connectivity index (χ3n) is 4.67. The van der Waals surface area contributed by atoms with Gasteiger partial charge in [0.05, 0.1) is 0 Å². The van der Waals surface area contributed by atoms with Crippen molar-refractivity contribution >= 4 is 0 Å². The molecule has 3 aliphatic carbocycles. The molecule has 3 rings (SSSR count). The van der Waals surface area contributed by atoms with Gasteiger partial charge in [-0.3, -0.25) is 0 Å². The van der Waals surface area contributed by atoms with E-state index in [0.717, 1.165) is 17.3 Å². The van der Waals surface area contributed by atoms with Gasteiger partial charge in [0, 0.05) is 0 Å². The minimum atomic E-state index is 0.811. The van der Waals surface area contributed by atoms with Crippen molar-refractivity contribution in [3.05, 3.63) is 0 Å². The Bertz CT molecular complexity index is 196.